The Hall–Kier alpha value is -8.78. The van der Waals surface area contributed by atoms with E-state index in [1.807, 2.05) is 0 Å². The van der Waals surface area contributed by atoms with Crippen molar-refractivity contribution in [3.8, 4) is 66.8 Å². The van der Waals surface area contributed by atoms with Gasteiger partial charge in [-0.1, -0.05) is 263 Å². The van der Waals surface area contributed by atoms with Crippen LogP contribution in [0.1, 0.15) is 47.2 Å². The summed E-state index contributed by atoms with van der Waals surface area (Å²) in [5.74, 6) is 0. The minimum absolute atomic E-state index is 0.100. The van der Waals surface area contributed by atoms with Crippen molar-refractivity contribution >= 4 is 17.1 Å². The van der Waals surface area contributed by atoms with Crippen molar-refractivity contribution in [1.82, 2.24) is 0 Å². The Morgan fingerprint density at radius 1 is 0.254 bits per heavy atom. The van der Waals surface area contributed by atoms with Gasteiger partial charge in [-0.25, -0.2) is 0 Å². The molecule has 1 nitrogen and oxygen atoms in total. The molecular weight excluding hydrogens is 855 g/mol. The summed E-state index contributed by atoms with van der Waals surface area (Å²) in [6.07, 6.45) is 0. The van der Waals surface area contributed by atoms with Crippen LogP contribution in [0.15, 0.2) is 273 Å². The molecule has 1 heteroatoms. The van der Waals surface area contributed by atoms with Gasteiger partial charge in [0.1, 0.15) is 0 Å². The summed E-state index contributed by atoms with van der Waals surface area (Å²) in [6, 6.07) is 101. The summed E-state index contributed by atoms with van der Waals surface area (Å²) in [6.45, 7) is 4.72. The van der Waals surface area contributed by atoms with Gasteiger partial charge in [0.2, 0.25) is 0 Å². The number of benzene rings is 11. The lowest BCUT2D eigenvalue weighted by molar-refractivity contribution is 0.660. The van der Waals surface area contributed by atoms with Crippen molar-refractivity contribution in [1.29, 1.82) is 0 Å². The van der Waals surface area contributed by atoms with Gasteiger partial charge in [0, 0.05) is 22.1 Å². The molecule has 0 aliphatic heterocycles. The van der Waals surface area contributed by atoms with Gasteiger partial charge in [-0.05, 0) is 108 Å². The maximum Gasteiger partial charge on any atom is 0.0714 e. The molecule has 0 fully saturated rings. The van der Waals surface area contributed by atoms with E-state index in [0.29, 0.717) is 0 Å². The van der Waals surface area contributed by atoms with Crippen LogP contribution in [-0.2, 0) is 10.8 Å². The van der Waals surface area contributed by atoms with Gasteiger partial charge in [-0.2, -0.15) is 0 Å². The highest BCUT2D eigenvalue weighted by Crippen LogP contribution is 2.61. The van der Waals surface area contributed by atoms with Crippen molar-refractivity contribution in [2.24, 2.45) is 0 Å². The second-order valence-electron chi connectivity index (χ2n) is 19.5. The van der Waals surface area contributed by atoms with Crippen LogP contribution in [-0.4, -0.2) is 0 Å². The van der Waals surface area contributed by atoms with E-state index in [9.17, 15) is 0 Å². The Kier molecular flexibility index (Phi) is 10.1. The lowest BCUT2D eigenvalue weighted by Crippen LogP contribution is -2.28. The van der Waals surface area contributed by atoms with Crippen LogP contribution in [0.5, 0.6) is 0 Å². The highest BCUT2D eigenvalue weighted by Gasteiger charge is 2.47. The summed E-state index contributed by atoms with van der Waals surface area (Å²) in [5, 5.41) is 0. The summed E-state index contributed by atoms with van der Waals surface area (Å²) in [4.78, 5) is 2.60. The van der Waals surface area contributed by atoms with E-state index in [-0.39, 0.29) is 5.41 Å². The number of para-hydroxylation sites is 1. The molecule has 2 aliphatic rings. The first-order valence-corrected chi connectivity index (χ1v) is 24.8. The third-order valence-electron chi connectivity index (χ3n) is 15.4. The Morgan fingerprint density at radius 2 is 0.690 bits per heavy atom. The standard InChI is InChI=1S/C70H51N/c1-69(2)60-39-20-17-35-56(60)59-47-50(45-46-61(59)69)54-34-19-22-42-64(54)71(65-43-23-38-55(49-27-9-4-10-28-49)67(65)57-36-16-15-33-53(57)48-25-7-3-8-26-48)66-44-24-41-63-68(66)58-37-18-21-40-62(58)70(63,51-29-11-5-12-30-51)52-31-13-6-14-32-52/h3-47H,1-2H3. The largest absolute Gasteiger partial charge is 0.309 e. The molecular formula is C70H51N. The number of rotatable bonds is 9. The van der Waals surface area contributed by atoms with E-state index >= 15 is 0 Å². The third kappa shape index (κ3) is 6.61. The fraction of sp³-hybridized carbons (Fsp3) is 0.0571. The zero-order valence-corrected chi connectivity index (χ0v) is 39.9. The summed E-state index contributed by atoms with van der Waals surface area (Å²) in [5.41, 5.74) is 24.8. The first kappa shape index (κ1) is 42.3. The highest BCUT2D eigenvalue weighted by atomic mass is 15.2. The average Bonchev–Trinajstić information content (AvgIpc) is 3.88. The van der Waals surface area contributed by atoms with Crippen LogP contribution in [0.2, 0.25) is 0 Å². The van der Waals surface area contributed by atoms with Crippen LogP contribution in [0.25, 0.3) is 66.8 Å². The van der Waals surface area contributed by atoms with Gasteiger partial charge in [0.25, 0.3) is 0 Å². The maximum atomic E-state index is 2.60. The molecule has 0 atom stereocenters. The molecule has 71 heavy (non-hydrogen) atoms. The second-order valence-corrected chi connectivity index (χ2v) is 19.5. The lowest BCUT2D eigenvalue weighted by Gasteiger charge is -2.35. The van der Waals surface area contributed by atoms with Crippen molar-refractivity contribution < 1.29 is 0 Å². The van der Waals surface area contributed by atoms with Gasteiger partial charge in [-0.15, -0.1) is 0 Å². The SMILES string of the molecule is CC1(C)c2ccccc2-c2cc(-c3ccccc3N(c3cccc(-c4ccccc4)c3-c3ccccc3-c3ccccc3)c3cccc4c3-c3ccccc3C4(c3ccccc3)c3ccccc3)ccc21. The molecule has 0 saturated carbocycles. The van der Waals surface area contributed by atoms with Gasteiger partial charge >= 0.3 is 0 Å². The molecule has 11 aromatic rings. The minimum Gasteiger partial charge on any atom is -0.309 e. The van der Waals surface area contributed by atoms with E-state index in [0.717, 1.165) is 28.2 Å². The topological polar surface area (TPSA) is 3.24 Å². The molecule has 0 amide bonds. The normalized spacial score (nSPS) is 13.4. The van der Waals surface area contributed by atoms with Crippen LogP contribution >= 0.6 is 0 Å². The molecule has 0 radical (unpaired) electrons. The van der Waals surface area contributed by atoms with Gasteiger partial charge in [0.15, 0.2) is 0 Å². The Bertz CT molecular complexity index is 3740. The Balaban J connectivity index is 1.16. The molecule has 13 rings (SSSR count). The zero-order valence-electron chi connectivity index (χ0n) is 39.9. The van der Waals surface area contributed by atoms with Gasteiger partial charge in [-0.3, -0.25) is 0 Å². The van der Waals surface area contributed by atoms with Crippen molar-refractivity contribution in [3.63, 3.8) is 0 Å². The number of hydrogen-bond donors (Lipinski definition) is 0. The molecule has 0 bridgehead atoms. The van der Waals surface area contributed by atoms with Crippen LogP contribution < -0.4 is 4.90 Å². The summed E-state index contributed by atoms with van der Waals surface area (Å²) >= 11 is 0. The summed E-state index contributed by atoms with van der Waals surface area (Å²) < 4.78 is 0. The van der Waals surface area contributed by atoms with E-state index in [2.05, 4.69) is 292 Å². The first-order valence-electron chi connectivity index (χ1n) is 24.8. The maximum absolute atomic E-state index is 2.60. The van der Waals surface area contributed by atoms with Crippen molar-refractivity contribution in [2.45, 2.75) is 24.7 Å². The lowest BCUT2D eigenvalue weighted by atomic mass is 9.68. The van der Waals surface area contributed by atoms with Crippen molar-refractivity contribution in [2.75, 3.05) is 4.90 Å². The van der Waals surface area contributed by atoms with Crippen LogP contribution in [0.4, 0.5) is 17.1 Å². The predicted octanol–water partition coefficient (Wildman–Crippen LogP) is 18.5. The highest BCUT2D eigenvalue weighted by molar-refractivity contribution is 6.06. The molecule has 0 spiro atoms. The fourth-order valence-corrected chi connectivity index (χ4v) is 12.3. The van der Waals surface area contributed by atoms with E-state index in [1.54, 1.807) is 0 Å². The van der Waals surface area contributed by atoms with E-state index < -0.39 is 5.41 Å². The molecule has 336 valence electrons. The van der Waals surface area contributed by atoms with E-state index in [4.69, 9.17) is 0 Å². The van der Waals surface area contributed by atoms with Gasteiger partial charge < -0.3 is 4.90 Å². The Morgan fingerprint density at radius 3 is 1.35 bits per heavy atom. The number of hydrogen-bond acceptors (Lipinski definition) is 1. The first-order chi connectivity index (χ1) is 35.0. The minimum atomic E-state index is -0.579. The fourth-order valence-electron chi connectivity index (χ4n) is 12.3. The molecule has 0 N–H and O–H groups in total. The molecule has 0 unspecified atom stereocenters. The number of anilines is 3. The van der Waals surface area contributed by atoms with Gasteiger partial charge in [0.05, 0.1) is 22.5 Å². The smallest absolute Gasteiger partial charge is 0.0714 e. The predicted molar refractivity (Wildman–Crippen MR) is 298 cm³/mol. The molecule has 0 heterocycles. The van der Waals surface area contributed by atoms with E-state index in [1.165, 1.54) is 89.0 Å². The zero-order chi connectivity index (χ0) is 47.5. The molecule has 11 aromatic carbocycles. The average molecular weight is 906 g/mol. The quantitative estimate of drug-likeness (QED) is 0.139. The Labute approximate surface area is 417 Å². The van der Waals surface area contributed by atoms with Crippen LogP contribution in [0.3, 0.4) is 0 Å². The molecule has 0 saturated heterocycles. The second kappa shape index (κ2) is 17.0. The number of nitrogens with zero attached hydrogens (tertiary/aromatic N) is 1. The summed E-state index contributed by atoms with van der Waals surface area (Å²) in [7, 11) is 0. The van der Waals surface area contributed by atoms with Crippen molar-refractivity contribution in [3.05, 3.63) is 306 Å². The molecule has 0 aromatic heterocycles. The van der Waals surface area contributed by atoms with Crippen LogP contribution in [0, 0.1) is 0 Å². The third-order valence-corrected chi connectivity index (χ3v) is 15.4. The monoisotopic (exact) mass is 905 g/mol. The number of fused-ring (bicyclic) bond motifs is 6. The molecule has 2 aliphatic carbocycles.